The Morgan fingerprint density at radius 1 is 0.678 bits per heavy atom. The number of rotatable bonds is 27. The Morgan fingerprint density at radius 2 is 1.17 bits per heavy atom. The molecule has 0 saturated heterocycles. The number of primary amides is 1. The first-order valence-electron chi connectivity index (χ1n) is 19.2. The van der Waals surface area contributed by atoms with Crippen molar-refractivity contribution in [3.63, 3.8) is 0 Å². The van der Waals surface area contributed by atoms with E-state index in [1.165, 1.54) is 31.2 Å². The van der Waals surface area contributed by atoms with E-state index in [-0.39, 0.29) is 69.2 Å². The first kappa shape index (κ1) is 51.0. The number of carbonyl (C=O) groups excluding carboxylic acids is 7. The number of phenolic OH excluding ortho intramolecular Hbond substituents is 1. The van der Waals surface area contributed by atoms with Crippen LogP contribution in [0.3, 0.4) is 0 Å². The number of nitrogens with zero attached hydrogens (tertiary/aromatic N) is 1. The summed E-state index contributed by atoms with van der Waals surface area (Å²) in [4.78, 5) is 108. The zero-order chi connectivity index (χ0) is 44.8. The number of aliphatic carboxylic acids is 1. The second-order valence-electron chi connectivity index (χ2n) is 14.5. The number of aliphatic imine (C=N–C) groups is 1. The van der Waals surface area contributed by atoms with E-state index in [2.05, 4.69) is 36.9 Å². The van der Waals surface area contributed by atoms with Gasteiger partial charge in [0.1, 0.15) is 42.0 Å². The number of aliphatic hydroxyl groups is 1. The number of phenols is 1. The zero-order valence-electron chi connectivity index (χ0n) is 33.9. The lowest BCUT2D eigenvalue weighted by atomic mass is 10.0. The molecule has 22 heteroatoms. The number of nitrogens with two attached hydrogens (primary N) is 4. The molecule has 0 aliphatic carbocycles. The van der Waals surface area contributed by atoms with E-state index in [0.717, 1.165) is 6.92 Å². The van der Waals surface area contributed by atoms with Crippen LogP contribution in [0.4, 0.5) is 0 Å². The molecule has 1 rings (SSSR count). The average molecular weight is 836 g/mol. The Kier molecular flexibility index (Phi) is 22.5. The third-order valence-corrected chi connectivity index (χ3v) is 8.67. The second-order valence-corrected chi connectivity index (χ2v) is 14.5. The molecule has 0 saturated carbocycles. The van der Waals surface area contributed by atoms with Crippen LogP contribution in [-0.2, 0) is 44.8 Å². The van der Waals surface area contributed by atoms with Crippen LogP contribution >= 0.6 is 0 Å². The Balaban J connectivity index is 3.54. The van der Waals surface area contributed by atoms with E-state index >= 15 is 0 Å². The van der Waals surface area contributed by atoms with E-state index in [1.54, 1.807) is 0 Å². The first-order valence-corrected chi connectivity index (χ1v) is 19.2. The summed E-state index contributed by atoms with van der Waals surface area (Å²) in [5.41, 5.74) is 22.5. The number of hydrogen-bond acceptors (Lipinski definition) is 12. The minimum atomic E-state index is -1.78. The molecule has 7 atom stereocenters. The first-order chi connectivity index (χ1) is 27.6. The molecule has 7 amide bonds. The van der Waals surface area contributed by atoms with Gasteiger partial charge in [0.15, 0.2) is 5.96 Å². The average Bonchev–Trinajstić information content (AvgIpc) is 3.13. The summed E-state index contributed by atoms with van der Waals surface area (Å²) in [7, 11) is 0. The summed E-state index contributed by atoms with van der Waals surface area (Å²) >= 11 is 0. The minimum Gasteiger partial charge on any atom is -0.508 e. The SMILES string of the molecule is CC(=O)N[C@H](C(=O)N[C@@H](CC(=O)O)C(=O)N[C@@H](CCCCN)C(=O)N[C@@H](Cc1ccc(O)cc1)C(=O)N[C@@H](CCCN=C(N)N)C(=O)N[C@@H](CC(C)C)C(N)=O)[C@@H](C)O. The van der Waals surface area contributed by atoms with Crippen molar-refractivity contribution in [2.75, 3.05) is 13.1 Å². The molecule has 0 unspecified atom stereocenters. The van der Waals surface area contributed by atoms with Crippen LogP contribution < -0.4 is 54.8 Å². The summed E-state index contributed by atoms with van der Waals surface area (Å²) < 4.78 is 0. The van der Waals surface area contributed by atoms with Crippen molar-refractivity contribution in [1.29, 1.82) is 0 Å². The van der Waals surface area contributed by atoms with Gasteiger partial charge < -0.3 is 70.2 Å². The van der Waals surface area contributed by atoms with Crippen molar-refractivity contribution >= 4 is 53.3 Å². The molecule has 0 aromatic heterocycles. The van der Waals surface area contributed by atoms with Gasteiger partial charge in [-0.3, -0.25) is 43.3 Å². The van der Waals surface area contributed by atoms with Gasteiger partial charge in [-0.2, -0.15) is 0 Å². The quantitative estimate of drug-likeness (QED) is 0.0232. The minimum absolute atomic E-state index is 0.0201. The summed E-state index contributed by atoms with van der Waals surface area (Å²) in [6.07, 6.45) is -1.57. The highest BCUT2D eigenvalue weighted by Crippen LogP contribution is 2.13. The number of carbonyl (C=O) groups is 8. The van der Waals surface area contributed by atoms with Crippen LogP contribution in [-0.4, -0.2) is 124 Å². The molecule has 22 nitrogen and oxygen atoms in total. The van der Waals surface area contributed by atoms with Gasteiger partial charge in [0, 0.05) is 19.9 Å². The van der Waals surface area contributed by atoms with Crippen LogP contribution in [0.2, 0.25) is 0 Å². The number of aliphatic hydroxyl groups excluding tert-OH is 1. The number of hydrogen-bond donors (Lipinski definition) is 13. The van der Waals surface area contributed by atoms with E-state index in [9.17, 15) is 53.7 Å². The number of nitrogens with one attached hydrogen (secondary N) is 6. The van der Waals surface area contributed by atoms with Crippen LogP contribution in [0.25, 0.3) is 0 Å². The number of benzene rings is 1. The number of amides is 7. The molecular formula is C37H61N11O11. The molecular weight excluding hydrogens is 774 g/mol. The molecule has 0 aliphatic heterocycles. The van der Waals surface area contributed by atoms with Gasteiger partial charge in [-0.1, -0.05) is 26.0 Å². The lowest BCUT2D eigenvalue weighted by Crippen LogP contribution is -2.60. The van der Waals surface area contributed by atoms with Gasteiger partial charge >= 0.3 is 5.97 Å². The van der Waals surface area contributed by atoms with Crippen molar-refractivity contribution in [3.8, 4) is 5.75 Å². The van der Waals surface area contributed by atoms with Gasteiger partial charge in [0.05, 0.1) is 12.5 Å². The summed E-state index contributed by atoms with van der Waals surface area (Å²) in [6, 6.07) is -2.85. The molecule has 0 heterocycles. The highest BCUT2D eigenvalue weighted by atomic mass is 16.4. The lowest BCUT2D eigenvalue weighted by molar-refractivity contribution is -0.142. The standard InChI is InChI=1S/C37H61N11O11/c1-19(2)16-26(31(39)54)46-32(55)25(9-7-15-42-37(40)41)45-34(57)27(17-22-10-12-23(51)13-11-22)47-33(56)24(8-5-6-14-38)44-35(58)28(18-29(52)53)48-36(59)30(20(3)49)43-21(4)50/h10-13,19-20,24-28,30,49,51H,5-9,14-18,38H2,1-4H3,(H2,39,54)(H,43,50)(H,44,58)(H,45,57)(H,46,55)(H,47,56)(H,48,59)(H,52,53)(H4,40,41,42)/t20-,24+,25+,26+,27+,28+,30+/m1/s1. The van der Waals surface area contributed by atoms with Crippen LogP contribution in [0.1, 0.15) is 78.2 Å². The van der Waals surface area contributed by atoms with Gasteiger partial charge in [-0.15, -0.1) is 0 Å². The fourth-order valence-electron chi connectivity index (χ4n) is 5.69. The Bertz CT molecular complexity index is 1620. The van der Waals surface area contributed by atoms with Crippen molar-refractivity contribution < 1.29 is 53.7 Å². The zero-order valence-corrected chi connectivity index (χ0v) is 33.9. The van der Waals surface area contributed by atoms with Crippen molar-refractivity contribution in [1.82, 2.24) is 31.9 Å². The second kappa shape index (κ2) is 26.1. The number of carboxylic acids is 1. The molecule has 1 aromatic rings. The van der Waals surface area contributed by atoms with Crippen LogP contribution in [0.5, 0.6) is 5.75 Å². The van der Waals surface area contributed by atoms with Gasteiger partial charge in [-0.05, 0) is 75.6 Å². The summed E-state index contributed by atoms with van der Waals surface area (Å²) in [5, 5.41) is 44.1. The molecule has 0 aliphatic rings. The Labute approximate surface area is 342 Å². The van der Waals surface area contributed by atoms with Gasteiger partial charge in [0.2, 0.25) is 41.4 Å². The van der Waals surface area contributed by atoms with Crippen LogP contribution in [0, 0.1) is 5.92 Å². The molecule has 17 N–H and O–H groups in total. The van der Waals surface area contributed by atoms with Crippen molar-refractivity contribution in [2.24, 2.45) is 33.8 Å². The number of aromatic hydroxyl groups is 1. The maximum atomic E-state index is 14.1. The number of guanidine groups is 1. The molecule has 1 aromatic carbocycles. The molecule has 330 valence electrons. The molecule has 0 spiro atoms. The maximum absolute atomic E-state index is 14.1. The largest absolute Gasteiger partial charge is 0.508 e. The number of unbranched alkanes of at least 4 members (excludes halogenated alkanes) is 1. The fourth-order valence-corrected chi connectivity index (χ4v) is 5.69. The Hall–Kier alpha value is -6.03. The van der Waals surface area contributed by atoms with E-state index in [1.807, 2.05) is 13.8 Å². The molecule has 0 fully saturated rings. The normalized spacial score (nSPS) is 14.5. The summed E-state index contributed by atoms with van der Waals surface area (Å²) in [6.45, 7) is 6.23. The van der Waals surface area contributed by atoms with Crippen molar-refractivity contribution in [3.05, 3.63) is 29.8 Å². The fraction of sp³-hybridized carbons (Fsp3) is 0.595. The summed E-state index contributed by atoms with van der Waals surface area (Å²) in [5.74, 6) is -8.00. The highest BCUT2D eigenvalue weighted by molar-refractivity contribution is 5.98. The predicted octanol–water partition coefficient (Wildman–Crippen LogP) is -3.57. The van der Waals surface area contributed by atoms with Gasteiger partial charge in [-0.25, -0.2) is 0 Å². The van der Waals surface area contributed by atoms with E-state index in [4.69, 9.17) is 22.9 Å². The third kappa shape index (κ3) is 20.3. The number of carboxylic acid groups (broad SMARTS) is 1. The molecule has 0 radical (unpaired) electrons. The highest BCUT2D eigenvalue weighted by Gasteiger charge is 2.34. The van der Waals surface area contributed by atoms with Gasteiger partial charge in [0.25, 0.3) is 0 Å². The lowest BCUT2D eigenvalue weighted by Gasteiger charge is -2.28. The topological polar surface area (TPSA) is 386 Å². The van der Waals surface area contributed by atoms with E-state index < -0.39 is 96.1 Å². The van der Waals surface area contributed by atoms with Crippen LogP contribution in [0.15, 0.2) is 29.3 Å². The smallest absolute Gasteiger partial charge is 0.305 e. The molecule has 59 heavy (non-hydrogen) atoms. The predicted molar refractivity (Wildman–Crippen MR) is 214 cm³/mol. The Morgan fingerprint density at radius 3 is 1.64 bits per heavy atom. The van der Waals surface area contributed by atoms with Crippen molar-refractivity contribution in [2.45, 2.75) is 121 Å². The third-order valence-electron chi connectivity index (χ3n) is 8.67. The monoisotopic (exact) mass is 835 g/mol. The van der Waals surface area contributed by atoms with E-state index in [0.29, 0.717) is 12.0 Å². The molecule has 0 bridgehead atoms. The maximum Gasteiger partial charge on any atom is 0.305 e.